The minimum absolute atomic E-state index is 0.826. The van der Waals surface area contributed by atoms with Crippen LogP contribution in [-0.2, 0) is 6.42 Å². The van der Waals surface area contributed by atoms with Crippen molar-refractivity contribution in [1.29, 1.82) is 0 Å². The second-order valence-corrected chi connectivity index (χ2v) is 9.38. The van der Waals surface area contributed by atoms with Gasteiger partial charge in [-0.25, -0.2) is 0 Å². The Morgan fingerprint density at radius 1 is 0.759 bits per heavy atom. The molecule has 1 heterocycles. The van der Waals surface area contributed by atoms with Crippen molar-refractivity contribution in [2.45, 2.75) is 123 Å². The fourth-order valence-corrected chi connectivity index (χ4v) is 4.74. The van der Waals surface area contributed by atoms with Crippen LogP contribution in [0, 0.1) is 11.8 Å². The van der Waals surface area contributed by atoms with Crippen LogP contribution in [-0.4, -0.2) is 11.6 Å². The zero-order chi connectivity index (χ0) is 20.6. The van der Waals surface area contributed by atoms with Gasteiger partial charge in [0.1, 0.15) is 5.75 Å². The van der Waals surface area contributed by atoms with E-state index in [1.807, 2.05) is 6.20 Å². The molecule has 1 aliphatic rings. The van der Waals surface area contributed by atoms with Gasteiger partial charge in [-0.2, -0.15) is 0 Å². The normalized spacial score (nSPS) is 19.4. The number of ether oxygens (including phenoxy) is 1. The Morgan fingerprint density at radius 3 is 2.00 bits per heavy atom. The van der Waals surface area contributed by atoms with Gasteiger partial charge in [-0.05, 0) is 43.2 Å². The first-order chi connectivity index (χ1) is 14.3. The Kier molecular flexibility index (Phi) is 13.2. The summed E-state index contributed by atoms with van der Waals surface area (Å²) in [5.41, 5.74) is 1.23. The highest BCUT2D eigenvalue weighted by Gasteiger charge is 2.20. The van der Waals surface area contributed by atoms with Crippen LogP contribution in [0.1, 0.15) is 122 Å². The number of nitrogens with zero attached hydrogens (tertiary/aromatic N) is 1. The summed E-state index contributed by atoms with van der Waals surface area (Å²) in [7, 11) is 0. The molecule has 2 nitrogen and oxygen atoms in total. The SMILES string of the molecule is CCCCCCCOc1ccc(CCC2CCC(CCCCCCC)CC2)nc1. The summed E-state index contributed by atoms with van der Waals surface area (Å²) in [4.78, 5) is 4.65. The largest absolute Gasteiger partial charge is 0.492 e. The van der Waals surface area contributed by atoms with Crippen LogP contribution in [0.15, 0.2) is 18.3 Å². The van der Waals surface area contributed by atoms with Crippen molar-refractivity contribution in [1.82, 2.24) is 4.98 Å². The highest BCUT2D eigenvalue weighted by Crippen LogP contribution is 2.34. The predicted molar refractivity (Wildman–Crippen MR) is 126 cm³/mol. The number of aryl methyl sites for hydroxylation is 1. The van der Waals surface area contributed by atoms with Crippen LogP contribution in [0.3, 0.4) is 0 Å². The first-order valence-corrected chi connectivity index (χ1v) is 12.9. The third kappa shape index (κ3) is 11.1. The van der Waals surface area contributed by atoms with Gasteiger partial charge >= 0.3 is 0 Å². The second kappa shape index (κ2) is 15.7. The standard InChI is InChI=1S/C27H47NO/c1-3-5-7-9-11-13-24-14-16-25(17-15-24)18-19-26-20-21-27(23-28-26)29-22-12-10-8-6-4-2/h20-21,23-25H,3-19,22H2,1-2H3. The van der Waals surface area contributed by atoms with Gasteiger partial charge in [0.2, 0.25) is 0 Å². The molecule has 166 valence electrons. The average Bonchev–Trinajstić information content (AvgIpc) is 2.76. The molecule has 2 heteroatoms. The lowest BCUT2D eigenvalue weighted by Crippen LogP contribution is -2.15. The van der Waals surface area contributed by atoms with Crippen molar-refractivity contribution in [3.05, 3.63) is 24.0 Å². The van der Waals surface area contributed by atoms with Crippen LogP contribution in [0.25, 0.3) is 0 Å². The van der Waals surface area contributed by atoms with Crippen LogP contribution < -0.4 is 4.74 Å². The smallest absolute Gasteiger partial charge is 0.137 e. The Balaban J connectivity index is 1.53. The van der Waals surface area contributed by atoms with E-state index < -0.39 is 0 Å². The lowest BCUT2D eigenvalue weighted by molar-refractivity contribution is 0.248. The number of aromatic nitrogens is 1. The van der Waals surface area contributed by atoms with E-state index in [9.17, 15) is 0 Å². The zero-order valence-electron chi connectivity index (χ0n) is 19.5. The summed E-state index contributed by atoms with van der Waals surface area (Å²) in [5.74, 6) is 2.88. The van der Waals surface area contributed by atoms with E-state index in [4.69, 9.17) is 4.74 Å². The maximum atomic E-state index is 5.84. The Bertz CT molecular complexity index is 490. The highest BCUT2D eigenvalue weighted by atomic mass is 16.5. The molecule has 0 unspecified atom stereocenters. The number of rotatable bonds is 16. The van der Waals surface area contributed by atoms with Crippen molar-refractivity contribution < 1.29 is 4.74 Å². The summed E-state index contributed by atoms with van der Waals surface area (Å²) in [6.45, 7) is 5.38. The van der Waals surface area contributed by atoms with Gasteiger partial charge in [0.15, 0.2) is 0 Å². The predicted octanol–water partition coefficient (Wildman–Crippen LogP) is 8.53. The van der Waals surface area contributed by atoms with Crippen molar-refractivity contribution in [2.75, 3.05) is 6.61 Å². The average molecular weight is 402 g/mol. The van der Waals surface area contributed by atoms with Gasteiger partial charge in [0, 0.05) is 5.69 Å². The van der Waals surface area contributed by atoms with Gasteiger partial charge in [0.25, 0.3) is 0 Å². The maximum Gasteiger partial charge on any atom is 0.137 e. The molecule has 0 aliphatic heterocycles. The number of pyridine rings is 1. The molecule has 0 atom stereocenters. The fraction of sp³-hybridized carbons (Fsp3) is 0.815. The number of unbranched alkanes of at least 4 members (excludes halogenated alkanes) is 8. The van der Waals surface area contributed by atoms with Crippen LogP contribution in [0.2, 0.25) is 0 Å². The van der Waals surface area contributed by atoms with Crippen molar-refractivity contribution in [3.8, 4) is 5.75 Å². The van der Waals surface area contributed by atoms with Gasteiger partial charge in [-0.1, -0.05) is 104 Å². The molecular weight excluding hydrogens is 354 g/mol. The molecule has 1 aromatic heterocycles. The minimum Gasteiger partial charge on any atom is -0.492 e. The molecule has 1 fully saturated rings. The molecule has 1 aromatic rings. The summed E-state index contributed by atoms with van der Waals surface area (Å²) < 4.78 is 5.84. The van der Waals surface area contributed by atoms with Crippen LogP contribution in [0.4, 0.5) is 0 Å². The minimum atomic E-state index is 0.826. The Hall–Kier alpha value is -1.05. The van der Waals surface area contributed by atoms with Crippen molar-refractivity contribution in [2.24, 2.45) is 11.8 Å². The molecule has 0 amide bonds. The maximum absolute atomic E-state index is 5.84. The van der Waals surface area contributed by atoms with Gasteiger partial charge in [0.05, 0.1) is 12.8 Å². The third-order valence-corrected chi connectivity index (χ3v) is 6.81. The molecule has 0 bridgehead atoms. The first kappa shape index (κ1) is 24.2. The van der Waals surface area contributed by atoms with Gasteiger partial charge < -0.3 is 4.74 Å². The quantitative estimate of drug-likeness (QED) is 0.259. The fourth-order valence-electron chi connectivity index (χ4n) is 4.74. The molecule has 0 spiro atoms. The Morgan fingerprint density at radius 2 is 1.38 bits per heavy atom. The van der Waals surface area contributed by atoms with Crippen molar-refractivity contribution in [3.63, 3.8) is 0 Å². The molecule has 29 heavy (non-hydrogen) atoms. The first-order valence-electron chi connectivity index (χ1n) is 12.9. The van der Waals surface area contributed by atoms with Gasteiger partial charge in [-0.3, -0.25) is 4.98 Å². The molecule has 1 saturated carbocycles. The number of hydrogen-bond acceptors (Lipinski definition) is 2. The number of hydrogen-bond donors (Lipinski definition) is 0. The van der Waals surface area contributed by atoms with Crippen molar-refractivity contribution >= 4 is 0 Å². The molecule has 0 saturated heterocycles. The monoisotopic (exact) mass is 401 g/mol. The molecule has 0 N–H and O–H groups in total. The topological polar surface area (TPSA) is 22.1 Å². The Labute approximate surface area is 181 Å². The summed E-state index contributed by atoms with van der Waals surface area (Å²) >= 11 is 0. The van der Waals surface area contributed by atoms with E-state index in [0.717, 1.165) is 37.0 Å². The van der Waals surface area contributed by atoms with E-state index in [1.165, 1.54) is 102 Å². The summed E-state index contributed by atoms with van der Waals surface area (Å²) in [5, 5.41) is 0. The second-order valence-electron chi connectivity index (χ2n) is 9.38. The van der Waals surface area contributed by atoms with Crippen LogP contribution >= 0.6 is 0 Å². The molecule has 1 aliphatic carbocycles. The van der Waals surface area contributed by atoms with E-state index in [2.05, 4.69) is 31.0 Å². The molecule has 2 rings (SSSR count). The van der Waals surface area contributed by atoms with Gasteiger partial charge in [-0.15, -0.1) is 0 Å². The summed E-state index contributed by atoms with van der Waals surface area (Å²) in [6.07, 6.45) is 25.2. The summed E-state index contributed by atoms with van der Waals surface area (Å²) in [6, 6.07) is 4.29. The van der Waals surface area contributed by atoms with E-state index in [-0.39, 0.29) is 0 Å². The molecule has 0 radical (unpaired) electrons. The van der Waals surface area contributed by atoms with E-state index in [1.54, 1.807) is 0 Å². The van der Waals surface area contributed by atoms with E-state index >= 15 is 0 Å². The lowest BCUT2D eigenvalue weighted by Gasteiger charge is -2.28. The highest BCUT2D eigenvalue weighted by molar-refractivity contribution is 5.19. The van der Waals surface area contributed by atoms with E-state index in [0.29, 0.717) is 0 Å². The van der Waals surface area contributed by atoms with Crippen LogP contribution in [0.5, 0.6) is 5.75 Å². The third-order valence-electron chi connectivity index (χ3n) is 6.81. The molecular formula is C27H47NO. The lowest BCUT2D eigenvalue weighted by atomic mass is 9.78. The zero-order valence-corrected chi connectivity index (χ0v) is 19.5. The molecule has 0 aromatic carbocycles.